The standard InChI is InChI=1S/C22H28N2O2/c1-3-16-23-22(26)18(2)24(17-20-12-8-5-9-13-20)21(25)15-14-19-10-6-4-7-11-19/h4-13,18H,3,14-17H2,1-2H3,(H,23,26)/t18-/m1/s1. The molecule has 0 aliphatic rings. The summed E-state index contributed by atoms with van der Waals surface area (Å²) in [4.78, 5) is 27.0. The van der Waals surface area contributed by atoms with Crippen molar-refractivity contribution in [3.63, 3.8) is 0 Å². The van der Waals surface area contributed by atoms with Crippen LogP contribution in [0.1, 0.15) is 37.8 Å². The van der Waals surface area contributed by atoms with E-state index >= 15 is 0 Å². The van der Waals surface area contributed by atoms with Gasteiger partial charge in [0.15, 0.2) is 0 Å². The predicted molar refractivity (Wildman–Crippen MR) is 105 cm³/mol. The number of benzene rings is 2. The van der Waals surface area contributed by atoms with E-state index in [1.54, 1.807) is 11.8 Å². The number of carbonyl (C=O) groups is 2. The second-order valence-electron chi connectivity index (χ2n) is 6.46. The molecule has 4 nitrogen and oxygen atoms in total. The highest BCUT2D eigenvalue weighted by Crippen LogP contribution is 2.13. The Balaban J connectivity index is 2.07. The number of nitrogens with zero attached hydrogens (tertiary/aromatic N) is 1. The van der Waals surface area contributed by atoms with E-state index in [1.165, 1.54) is 0 Å². The van der Waals surface area contributed by atoms with Crippen LogP contribution in [0.5, 0.6) is 0 Å². The van der Waals surface area contributed by atoms with Crippen LogP contribution >= 0.6 is 0 Å². The zero-order valence-corrected chi connectivity index (χ0v) is 15.7. The number of hydrogen-bond donors (Lipinski definition) is 1. The topological polar surface area (TPSA) is 49.4 Å². The average Bonchev–Trinajstić information content (AvgIpc) is 2.69. The van der Waals surface area contributed by atoms with Crippen molar-refractivity contribution >= 4 is 11.8 Å². The minimum Gasteiger partial charge on any atom is -0.354 e. The third-order valence-electron chi connectivity index (χ3n) is 4.38. The van der Waals surface area contributed by atoms with Gasteiger partial charge in [0.2, 0.25) is 11.8 Å². The summed E-state index contributed by atoms with van der Waals surface area (Å²) in [5, 5.41) is 2.89. The van der Waals surface area contributed by atoms with Crippen LogP contribution in [0.4, 0.5) is 0 Å². The first-order valence-electron chi connectivity index (χ1n) is 9.26. The fourth-order valence-electron chi connectivity index (χ4n) is 2.80. The highest BCUT2D eigenvalue weighted by molar-refractivity contribution is 5.87. The lowest BCUT2D eigenvalue weighted by Gasteiger charge is -2.29. The van der Waals surface area contributed by atoms with Crippen molar-refractivity contribution in [3.8, 4) is 0 Å². The normalized spacial score (nSPS) is 11.6. The molecule has 26 heavy (non-hydrogen) atoms. The number of nitrogens with one attached hydrogen (secondary N) is 1. The molecule has 0 saturated heterocycles. The first-order valence-corrected chi connectivity index (χ1v) is 9.26. The molecule has 0 saturated carbocycles. The molecule has 0 unspecified atom stereocenters. The van der Waals surface area contributed by atoms with E-state index in [0.29, 0.717) is 25.9 Å². The first-order chi connectivity index (χ1) is 12.6. The Morgan fingerprint density at radius 2 is 1.54 bits per heavy atom. The molecule has 0 aliphatic heterocycles. The SMILES string of the molecule is CCCNC(=O)[C@@H](C)N(Cc1ccccc1)C(=O)CCc1ccccc1. The van der Waals surface area contributed by atoms with Crippen LogP contribution in [0, 0.1) is 0 Å². The molecule has 2 aromatic carbocycles. The lowest BCUT2D eigenvalue weighted by molar-refractivity contribution is -0.140. The molecule has 0 radical (unpaired) electrons. The lowest BCUT2D eigenvalue weighted by Crippen LogP contribution is -2.47. The van der Waals surface area contributed by atoms with E-state index in [9.17, 15) is 9.59 Å². The van der Waals surface area contributed by atoms with Crippen molar-refractivity contribution < 1.29 is 9.59 Å². The van der Waals surface area contributed by atoms with Crippen LogP contribution in [0.2, 0.25) is 0 Å². The van der Waals surface area contributed by atoms with Crippen molar-refractivity contribution in [2.24, 2.45) is 0 Å². The summed E-state index contributed by atoms with van der Waals surface area (Å²) < 4.78 is 0. The second kappa shape index (κ2) is 10.4. The van der Waals surface area contributed by atoms with Gasteiger partial charge in [-0.15, -0.1) is 0 Å². The Bertz CT molecular complexity index is 686. The summed E-state index contributed by atoms with van der Waals surface area (Å²) >= 11 is 0. The van der Waals surface area contributed by atoms with Gasteiger partial charge >= 0.3 is 0 Å². The van der Waals surface area contributed by atoms with Crippen molar-refractivity contribution in [1.29, 1.82) is 0 Å². The molecule has 138 valence electrons. The molecule has 2 amide bonds. The molecule has 1 N–H and O–H groups in total. The fraction of sp³-hybridized carbons (Fsp3) is 0.364. The van der Waals surface area contributed by atoms with E-state index in [1.807, 2.05) is 67.6 Å². The Hall–Kier alpha value is -2.62. The summed E-state index contributed by atoms with van der Waals surface area (Å²) in [6.45, 7) is 4.88. The number of rotatable bonds is 9. The molecule has 0 aliphatic carbocycles. The average molecular weight is 352 g/mol. The first kappa shape index (κ1) is 19.7. The van der Waals surface area contributed by atoms with Crippen LogP contribution in [0.3, 0.4) is 0 Å². The molecular formula is C22H28N2O2. The van der Waals surface area contributed by atoms with Crippen molar-refractivity contribution in [2.45, 2.75) is 45.7 Å². The van der Waals surface area contributed by atoms with Crippen LogP contribution in [0.15, 0.2) is 60.7 Å². The summed E-state index contributed by atoms with van der Waals surface area (Å²) in [5.41, 5.74) is 2.15. The Morgan fingerprint density at radius 3 is 2.12 bits per heavy atom. The third-order valence-corrected chi connectivity index (χ3v) is 4.38. The number of amides is 2. The second-order valence-corrected chi connectivity index (χ2v) is 6.46. The molecule has 2 rings (SSSR count). The smallest absolute Gasteiger partial charge is 0.242 e. The van der Waals surface area contributed by atoms with E-state index in [-0.39, 0.29) is 11.8 Å². The minimum absolute atomic E-state index is 0.00291. The van der Waals surface area contributed by atoms with Crippen molar-refractivity contribution in [2.75, 3.05) is 6.54 Å². The van der Waals surface area contributed by atoms with Gasteiger partial charge in [-0.3, -0.25) is 9.59 Å². The Labute approximate surface area is 156 Å². The zero-order valence-electron chi connectivity index (χ0n) is 15.7. The third kappa shape index (κ3) is 6.03. The van der Waals surface area contributed by atoms with Gasteiger partial charge in [0, 0.05) is 19.5 Å². The highest BCUT2D eigenvalue weighted by Gasteiger charge is 2.25. The summed E-state index contributed by atoms with van der Waals surface area (Å²) in [7, 11) is 0. The maximum Gasteiger partial charge on any atom is 0.242 e. The van der Waals surface area contributed by atoms with Crippen molar-refractivity contribution in [3.05, 3.63) is 71.8 Å². The van der Waals surface area contributed by atoms with E-state index in [0.717, 1.165) is 17.5 Å². The molecule has 2 aromatic rings. The number of hydrogen-bond acceptors (Lipinski definition) is 2. The summed E-state index contributed by atoms with van der Waals surface area (Å²) in [6, 6.07) is 19.3. The van der Waals surface area contributed by atoms with Crippen molar-refractivity contribution in [1.82, 2.24) is 10.2 Å². The van der Waals surface area contributed by atoms with Gasteiger partial charge in [-0.05, 0) is 30.9 Å². The van der Waals surface area contributed by atoms with Gasteiger partial charge in [-0.1, -0.05) is 67.6 Å². The summed E-state index contributed by atoms with van der Waals surface area (Å²) in [5.74, 6) is -0.104. The van der Waals surface area contributed by atoms with E-state index in [4.69, 9.17) is 0 Å². The Kier molecular flexibility index (Phi) is 7.87. The van der Waals surface area contributed by atoms with Crippen LogP contribution in [-0.4, -0.2) is 29.3 Å². The zero-order chi connectivity index (χ0) is 18.8. The molecule has 0 fully saturated rings. The molecular weight excluding hydrogens is 324 g/mol. The van der Waals surface area contributed by atoms with Gasteiger partial charge in [-0.25, -0.2) is 0 Å². The van der Waals surface area contributed by atoms with Crippen LogP contribution in [0.25, 0.3) is 0 Å². The number of aryl methyl sites for hydroxylation is 1. The van der Waals surface area contributed by atoms with Gasteiger partial charge in [0.1, 0.15) is 6.04 Å². The maximum absolute atomic E-state index is 12.9. The van der Waals surface area contributed by atoms with Gasteiger partial charge in [0.25, 0.3) is 0 Å². The molecule has 0 aromatic heterocycles. The van der Waals surface area contributed by atoms with Gasteiger partial charge in [0.05, 0.1) is 0 Å². The van der Waals surface area contributed by atoms with Gasteiger partial charge in [-0.2, -0.15) is 0 Å². The quantitative estimate of drug-likeness (QED) is 0.750. The maximum atomic E-state index is 12.9. The molecule has 4 heteroatoms. The molecule has 0 bridgehead atoms. The molecule has 0 heterocycles. The highest BCUT2D eigenvalue weighted by atomic mass is 16.2. The molecule has 0 spiro atoms. The predicted octanol–water partition coefficient (Wildman–Crippen LogP) is 3.56. The minimum atomic E-state index is -0.495. The van der Waals surface area contributed by atoms with E-state index < -0.39 is 6.04 Å². The number of carbonyl (C=O) groups excluding carboxylic acids is 2. The van der Waals surface area contributed by atoms with Gasteiger partial charge < -0.3 is 10.2 Å². The van der Waals surface area contributed by atoms with E-state index in [2.05, 4.69) is 5.32 Å². The lowest BCUT2D eigenvalue weighted by atomic mass is 10.1. The van der Waals surface area contributed by atoms with Crippen LogP contribution in [-0.2, 0) is 22.6 Å². The van der Waals surface area contributed by atoms with Crippen LogP contribution < -0.4 is 5.32 Å². The largest absolute Gasteiger partial charge is 0.354 e. The Morgan fingerprint density at radius 1 is 0.962 bits per heavy atom. The summed E-state index contributed by atoms with van der Waals surface area (Å²) in [6.07, 6.45) is 1.94. The fourth-order valence-corrected chi connectivity index (χ4v) is 2.80. The molecule has 1 atom stereocenters. The monoisotopic (exact) mass is 352 g/mol.